The van der Waals surface area contributed by atoms with Crippen LogP contribution in [-0.2, 0) is 0 Å². The zero-order chi connectivity index (χ0) is 13.4. The van der Waals surface area contributed by atoms with Crippen LogP contribution in [0.25, 0.3) is 22.4 Å². The van der Waals surface area contributed by atoms with E-state index in [4.69, 9.17) is 4.42 Å². The molecule has 3 nitrogen and oxygen atoms in total. The Hall–Kier alpha value is -1.81. The number of nitrogens with zero attached hydrogens (tertiary/aromatic N) is 1. The van der Waals surface area contributed by atoms with E-state index in [0.29, 0.717) is 6.04 Å². The number of thiazole rings is 1. The summed E-state index contributed by atoms with van der Waals surface area (Å²) in [7, 11) is 0. The van der Waals surface area contributed by atoms with Crippen LogP contribution in [0.15, 0.2) is 34.1 Å². The van der Waals surface area contributed by atoms with Crippen LogP contribution in [0.1, 0.15) is 19.4 Å². The first-order valence-corrected chi connectivity index (χ1v) is 7.23. The number of fused-ring (bicyclic) bond motifs is 1. The van der Waals surface area contributed by atoms with Gasteiger partial charge in [0.15, 0.2) is 10.9 Å². The number of para-hydroxylation sites is 1. The molecular weight excluding hydrogens is 256 g/mol. The van der Waals surface area contributed by atoms with Crippen LogP contribution < -0.4 is 5.32 Å². The Morgan fingerprint density at radius 2 is 2.05 bits per heavy atom. The Balaban J connectivity index is 2.04. The number of hydrogen-bond acceptors (Lipinski definition) is 4. The lowest BCUT2D eigenvalue weighted by atomic mass is 10.1. The molecule has 0 amide bonds. The van der Waals surface area contributed by atoms with E-state index in [0.717, 1.165) is 33.1 Å². The molecule has 0 aliphatic rings. The number of furan rings is 1. The largest absolute Gasteiger partial charge is 0.454 e. The summed E-state index contributed by atoms with van der Waals surface area (Å²) in [6, 6.07) is 8.47. The van der Waals surface area contributed by atoms with Gasteiger partial charge in [0.1, 0.15) is 11.3 Å². The standard InChI is InChI=1S/C15H16N2OS/c1-9(2)16-15-17-12(8-19-15)14-10(3)11-6-4-5-7-13(11)18-14/h4-9H,1-3H3,(H,16,17). The smallest absolute Gasteiger partial charge is 0.183 e. The second kappa shape index (κ2) is 4.70. The lowest BCUT2D eigenvalue weighted by molar-refractivity contribution is 0.627. The second-order valence-corrected chi connectivity index (χ2v) is 5.75. The molecule has 0 spiro atoms. The zero-order valence-electron chi connectivity index (χ0n) is 11.2. The molecule has 4 heteroatoms. The van der Waals surface area contributed by atoms with Crippen molar-refractivity contribution in [3.8, 4) is 11.5 Å². The highest BCUT2D eigenvalue weighted by atomic mass is 32.1. The molecule has 0 saturated heterocycles. The molecule has 0 aliphatic carbocycles. The number of benzene rings is 1. The Morgan fingerprint density at radius 3 is 2.79 bits per heavy atom. The van der Waals surface area contributed by atoms with Crippen molar-refractivity contribution in [3.05, 3.63) is 35.2 Å². The van der Waals surface area contributed by atoms with E-state index in [-0.39, 0.29) is 0 Å². The van der Waals surface area contributed by atoms with Gasteiger partial charge in [-0.15, -0.1) is 11.3 Å². The molecule has 2 heterocycles. The van der Waals surface area contributed by atoms with E-state index >= 15 is 0 Å². The highest BCUT2D eigenvalue weighted by Gasteiger charge is 2.15. The van der Waals surface area contributed by atoms with E-state index in [2.05, 4.69) is 37.1 Å². The van der Waals surface area contributed by atoms with Gasteiger partial charge in [0, 0.05) is 22.4 Å². The van der Waals surface area contributed by atoms with E-state index in [9.17, 15) is 0 Å². The third-order valence-corrected chi connectivity index (χ3v) is 3.77. The maximum Gasteiger partial charge on any atom is 0.183 e. The Bertz CT molecular complexity index is 712. The number of hydrogen-bond donors (Lipinski definition) is 1. The maximum absolute atomic E-state index is 5.92. The van der Waals surface area contributed by atoms with Crippen molar-refractivity contribution in [2.45, 2.75) is 26.8 Å². The topological polar surface area (TPSA) is 38.1 Å². The average Bonchev–Trinajstić information content (AvgIpc) is 2.94. The van der Waals surface area contributed by atoms with Gasteiger partial charge in [0.05, 0.1) is 0 Å². The third-order valence-electron chi connectivity index (χ3n) is 2.99. The van der Waals surface area contributed by atoms with Gasteiger partial charge < -0.3 is 9.73 Å². The van der Waals surface area contributed by atoms with Crippen LogP contribution in [0, 0.1) is 6.92 Å². The summed E-state index contributed by atoms with van der Waals surface area (Å²) >= 11 is 1.61. The summed E-state index contributed by atoms with van der Waals surface area (Å²) in [6.45, 7) is 6.29. The molecule has 0 aliphatic heterocycles. The molecule has 1 aromatic carbocycles. The predicted octanol–water partition coefficient (Wildman–Crippen LogP) is 4.69. The molecule has 1 N–H and O–H groups in total. The van der Waals surface area contributed by atoms with Gasteiger partial charge in [0.2, 0.25) is 0 Å². The van der Waals surface area contributed by atoms with Crippen LogP contribution >= 0.6 is 11.3 Å². The molecule has 98 valence electrons. The normalized spacial score (nSPS) is 11.4. The van der Waals surface area contributed by atoms with Crippen molar-refractivity contribution in [2.24, 2.45) is 0 Å². The first-order chi connectivity index (χ1) is 9.15. The molecule has 0 atom stereocenters. The number of aryl methyl sites for hydroxylation is 1. The molecule has 19 heavy (non-hydrogen) atoms. The summed E-state index contributed by atoms with van der Waals surface area (Å²) in [5.74, 6) is 0.870. The lowest BCUT2D eigenvalue weighted by Crippen LogP contribution is -2.08. The molecule has 0 radical (unpaired) electrons. The SMILES string of the molecule is Cc1c(-c2csc(NC(C)C)n2)oc2ccccc12. The van der Waals surface area contributed by atoms with Gasteiger partial charge in [-0.2, -0.15) is 0 Å². The van der Waals surface area contributed by atoms with E-state index in [1.165, 1.54) is 0 Å². The quantitative estimate of drug-likeness (QED) is 0.752. The Morgan fingerprint density at radius 1 is 1.26 bits per heavy atom. The minimum absolute atomic E-state index is 0.385. The van der Waals surface area contributed by atoms with Gasteiger partial charge >= 0.3 is 0 Å². The van der Waals surface area contributed by atoms with E-state index < -0.39 is 0 Å². The number of aromatic nitrogens is 1. The van der Waals surface area contributed by atoms with Crippen molar-refractivity contribution in [1.82, 2.24) is 4.98 Å². The molecule has 3 rings (SSSR count). The number of nitrogens with one attached hydrogen (secondary N) is 1. The minimum atomic E-state index is 0.385. The molecule has 0 saturated carbocycles. The fraction of sp³-hybridized carbons (Fsp3) is 0.267. The molecule has 0 bridgehead atoms. The van der Waals surface area contributed by atoms with Crippen LogP contribution in [-0.4, -0.2) is 11.0 Å². The van der Waals surface area contributed by atoms with Crippen LogP contribution in [0.2, 0.25) is 0 Å². The van der Waals surface area contributed by atoms with Gasteiger partial charge in [-0.1, -0.05) is 18.2 Å². The van der Waals surface area contributed by atoms with Gasteiger partial charge in [-0.25, -0.2) is 4.98 Å². The molecular formula is C15H16N2OS. The summed E-state index contributed by atoms with van der Waals surface area (Å²) < 4.78 is 5.92. The summed E-state index contributed by atoms with van der Waals surface area (Å²) in [4.78, 5) is 4.59. The third kappa shape index (κ3) is 2.24. The van der Waals surface area contributed by atoms with Crippen molar-refractivity contribution in [1.29, 1.82) is 0 Å². The van der Waals surface area contributed by atoms with Crippen molar-refractivity contribution >= 4 is 27.4 Å². The fourth-order valence-electron chi connectivity index (χ4n) is 2.11. The van der Waals surface area contributed by atoms with Crippen LogP contribution in [0.5, 0.6) is 0 Å². The fourth-order valence-corrected chi connectivity index (χ4v) is 2.95. The minimum Gasteiger partial charge on any atom is -0.454 e. The van der Waals surface area contributed by atoms with Crippen molar-refractivity contribution in [2.75, 3.05) is 5.32 Å². The average molecular weight is 272 g/mol. The first-order valence-electron chi connectivity index (χ1n) is 6.35. The summed E-state index contributed by atoms with van der Waals surface area (Å²) in [5.41, 5.74) is 2.97. The zero-order valence-corrected chi connectivity index (χ0v) is 12.0. The highest BCUT2D eigenvalue weighted by molar-refractivity contribution is 7.14. The van der Waals surface area contributed by atoms with E-state index in [1.807, 2.05) is 23.6 Å². The predicted molar refractivity (Wildman–Crippen MR) is 80.8 cm³/mol. The van der Waals surface area contributed by atoms with Gasteiger partial charge in [-0.3, -0.25) is 0 Å². The molecule has 2 aromatic heterocycles. The summed E-state index contributed by atoms with van der Waals surface area (Å²) in [5, 5.41) is 7.44. The maximum atomic E-state index is 5.92. The van der Waals surface area contributed by atoms with Gasteiger partial charge in [0.25, 0.3) is 0 Å². The molecule has 0 unspecified atom stereocenters. The Labute approximate surface area is 116 Å². The molecule has 0 fully saturated rings. The highest BCUT2D eigenvalue weighted by Crippen LogP contribution is 2.34. The van der Waals surface area contributed by atoms with Crippen molar-refractivity contribution in [3.63, 3.8) is 0 Å². The lowest BCUT2D eigenvalue weighted by Gasteiger charge is -2.04. The van der Waals surface area contributed by atoms with E-state index in [1.54, 1.807) is 11.3 Å². The van der Waals surface area contributed by atoms with Crippen LogP contribution in [0.3, 0.4) is 0 Å². The van der Waals surface area contributed by atoms with Crippen molar-refractivity contribution < 1.29 is 4.42 Å². The Kier molecular flexibility index (Phi) is 3.03. The van der Waals surface area contributed by atoms with Crippen LogP contribution in [0.4, 0.5) is 5.13 Å². The second-order valence-electron chi connectivity index (χ2n) is 4.89. The summed E-state index contributed by atoms with van der Waals surface area (Å²) in [6.07, 6.45) is 0. The number of rotatable bonds is 3. The number of anilines is 1. The van der Waals surface area contributed by atoms with Gasteiger partial charge in [-0.05, 0) is 26.8 Å². The monoisotopic (exact) mass is 272 g/mol. The first kappa shape index (κ1) is 12.2. The molecule has 3 aromatic rings.